The van der Waals surface area contributed by atoms with E-state index in [1.165, 1.54) is 35.6 Å². The van der Waals surface area contributed by atoms with Crippen molar-refractivity contribution in [2.24, 2.45) is 13.0 Å². The van der Waals surface area contributed by atoms with Gasteiger partial charge in [-0.25, -0.2) is 4.98 Å². The molecular formula is C19H25N3O2S. The lowest BCUT2D eigenvalue weighted by Gasteiger charge is -2.30. The molecule has 0 bridgehead atoms. The first-order valence-electron chi connectivity index (χ1n) is 8.90. The van der Waals surface area contributed by atoms with Crippen molar-refractivity contribution in [1.29, 1.82) is 0 Å². The monoisotopic (exact) mass is 359 g/mol. The number of hydrogen-bond donors (Lipinski definition) is 1. The minimum Gasteiger partial charge on any atom is -0.352 e. The Balaban J connectivity index is 1.75. The Kier molecular flexibility index (Phi) is 5.47. The zero-order valence-corrected chi connectivity index (χ0v) is 15.8. The van der Waals surface area contributed by atoms with Crippen LogP contribution in [0.15, 0.2) is 34.2 Å². The van der Waals surface area contributed by atoms with Gasteiger partial charge in [0.2, 0.25) is 5.91 Å². The molecule has 1 saturated carbocycles. The van der Waals surface area contributed by atoms with Crippen LogP contribution in [-0.2, 0) is 11.8 Å². The summed E-state index contributed by atoms with van der Waals surface area (Å²) in [4.78, 5) is 29.6. The Hall–Kier alpha value is -1.82. The van der Waals surface area contributed by atoms with Crippen molar-refractivity contribution >= 4 is 28.6 Å². The number of aromatic nitrogens is 2. The molecule has 0 saturated heterocycles. The topological polar surface area (TPSA) is 64.0 Å². The number of para-hydroxylation sites is 1. The van der Waals surface area contributed by atoms with Crippen LogP contribution in [0.5, 0.6) is 0 Å². The molecule has 1 aromatic carbocycles. The van der Waals surface area contributed by atoms with Gasteiger partial charge in [-0.2, -0.15) is 0 Å². The first-order chi connectivity index (χ1) is 12.0. The number of amides is 1. The van der Waals surface area contributed by atoms with Gasteiger partial charge in [-0.1, -0.05) is 43.7 Å². The molecule has 0 radical (unpaired) electrons. The third-order valence-corrected chi connectivity index (χ3v) is 6.18. The van der Waals surface area contributed by atoms with E-state index in [0.29, 0.717) is 22.0 Å². The molecule has 1 aliphatic rings. The Morgan fingerprint density at radius 3 is 2.80 bits per heavy atom. The average molecular weight is 359 g/mol. The van der Waals surface area contributed by atoms with Gasteiger partial charge < -0.3 is 5.32 Å². The summed E-state index contributed by atoms with van der Waals surface area (Å²) >= 11 is 1.34. The van der Waals surface area contributed by atoms with Crippen molar-refractivity contribution in [2.45, 2.75) is 56.0 Å². The SMILES string of the molecule is C[C@H](Sc1nc2ccccc2c(=O)n1C)C(=O)N[C@H]1CCCC[C@@H]1C. The molecule has 1 heterocycles. The van der Waals surface area contributed by atoms with E-state index in [2.05, 4.69) is 17.2 Å². The van der Waals surface area contributed by atoms with Crippen molar-refractivity contribution in [1.82, 2.24) is 14.9 Å². The maximum Gasteiger partial charge on any atom is 0.261 e. The summed E-state index contributed by atoms with van der Waals surface area (Å²) in [5.41, 5.74) is 0.586. The van der Waals surface area contributed by atoms with E-state index in [1.54, 1.807) is 13.1 Å². The largest absolute Gasteiger partial charge is 0.352 e. The van der Waals surface area contributed by atoms with Crippen LogP contribution in [0.1, 0.15) is 39.5 Å². The molecule has 134 valence electrons. The number of rotatable bonds is 4. The Bertz CT molecular complexity index is 833. The van der Waals surface area contributed by atoms with E-state index in [1.807, 2.05) is 25.1 Å². The molecule has 1 N–H and O–H groups in total. The Morgan fingerprint density at radius 1 is 1.32 bits per heavy atom. The zero-order valence-electron chi connectivity index (χ0n) is 15.0. The fourth-order valence-corrected chi connectivity index (χ4v) is 4.23. The van der Waals surface area contributed by atoms with Gasteiger partial charge in [0, 0.05) is 13.1 Å². The van der Waals surface area contributed by atoms with E-state index in [4.69, 9.17) is 0 Å². The van der Waals surface area contributed by atoms with Crippen LogP contribution in [0.3, 0.4) is 0 Å². The van der Waals surface area contributed by atoms with E-state index in [-0.39, 0.29) is 22.8 Å². The molecule has 3 atom stereocenters. The van der Waals surface area contributed by atoms with Crippen molar-refractivity contribution in [3.05, 3.63) is 34.6 Å². The predicted octanol–water partition coefficient (Wildman–Crippen LogP) is 3.11. The molecule has 1 aromatic heterocycles. The molecule has 6 heteroatoms. The summed E-state index contributed by atoms with van der Waals surface area (Å²) in [6.07, 6.45) is 4.66. The molecule has 25 heavy (non-hydrogen) atoms. The molecule has 1 aliphatic carbocycles. The van der Waals surface area contributed by atoms with Crippen molar-refractivity contribution < 1.29 is 4.79 Å². The highest BCUT2D eigenvalue weighted by Crippen LogP contribution is 2.26. The average Bonchev–Trinajstić information content (AvgIpc) is 2.61. The van der Waals surface area contributed by atoms with E-state index in [9.17, 15) is 9.59 Å². The molecule has 1 fully saturated rings. The molecule has 0 aliphatic heterocycles. The number of hydrogen-bond acceptors (Lipinski definition) is 4. The third kappa shape index (κ3) is 3.89. The summed E-state index contributed by atoms with van der Waals surface area (Å²) in [5, 5.41) is 4.06. The highest BCUT2D eigenvalue weighted by molar-refractivity contribution is 8.00. The van der Waals surface area contributed by atoms with Gasteiger partial charge in [-0.3, -0.25) is 14.2 Å². The first-order valence-corrected chi connectivity index (χ1v) is 9.78. The summed E-state index contributed by atoms with van der Waals surface area (Å²) in [6, 6.07) is 7.57. The van der Waals surface area contributed by atoms with Crippen LogP contribution in [0.4, 0.5) is 0 Å². The highest BCUT2D eigenvalue weighted by Gasteiger charge is 2.26. The van der Waals surface area contributed by atoms with E-state index in [0.717, 1.165) is 6.42 Å². The minimum atomic E-state index is -0.298. The number of carbonyl (C=O) groups is 1. The minimum absolute atomic E-state index is 0.0196. The lowest BCUT2D eigenvalue weighted by atomic mass is 9.86. The number of fused-ring (bicyclic) bond motifs is 1. The maximum absolute atomic E-state index is 12.6. The fourth-order valence-electron chi connectivity index (χ4n) is 3.35. The maximum atomic E-state index is 12.6. The van der Waals surface area contributed by atoms with Crippen molar-refractivity contribution in [3.63, 3.8) is 0 Å². The van der Waals surface area contributed by atoms with Gasteiger partial charge >= 0.3 is 0 Å². The predicted molar refractivity (Wildman–Crippen MR) is 102 cm³/mol. The summed E-state index contributed by atoms with van der Waals surface area (Å²) in [5.74, 6) is 0.546. The first kappa shape index (κ1) is 18.0. The second-order valence-corrected chi connectivity index (χ2v) is 8.22. The number of nitrogens with zero attached hydrogens (tertiary/aromatic N) is 2. The lowest BCUT2D eigenvalue weighted by Crippen LogP contribution is -2.44. The second kappa shape index (κ2) is 7.60. The van der Waals surface area contributed by atoms with Crippen molar-refractivity contribution in [3.8, 4) is 0 Å². The van der Waals surface area contributed by atoms with Crippen LogP contribution in [-0.4, -0.2) is 26.8 Å². The van der Waals surface area contributed by atoms with E-state index < -0.39 is 0 Å². The van der Waals surface area contributed by atoms with Gasteiger partial charge in [0.15, 0.2) is 5.16 Å². The van der Waals surface area contributed by atoms with Gasteiger partial charge in [-0.05, 0) is 37.8 Å². The molecule has 5 nitrogen and oxygen atoms in total. The fraction of sp³-hybridized carbons (Fsp3) is 0.526. The second-order valence-electron chi connectivity index (χ2n) is 6.91. The molecule has 0 spiro atoms. The molecule has 1 amide bonds. The Morgan fingerprint density at radius 2 is 2.04 bits per heavy atom. The van der Waals surface area contributed by atoms with Gasteiger partial charge in [0.1, 0.15) is 0 Å². The third-order valence-electron chi connectivity index (χ3n) is 5.03. The standard InChI is InChI=1S/C19H25N3O2S/c1-12-8-4-6-10-15(12)20-17(23)13(2)25-19-21-16-11-7-5-9-14(16)18(24)22(19)3/h5,7,9,11-13,15H,4,6,8,10H2,1-3H3,(H,20,23)/t12-,13-,15-/m0/s1. The molecule has 2 aromatic rings. The summed E-state index contributed by atoms with van der Waals surface area (Å²) in [6.45, 7) is 4.07. The Labute approximate surface area is 152 Å². The van der Waals surface area contributed by atoms with Crippen LogP contribution in [0.2, 0.25) is 0 Å². The quantitative estimate of drug-likeness (QED) is 0.673. The van der Waals surface area contributed by atoms with Crippen LogP contribution in [0.25, 0.3) is 10.9 Å². The van der Waals surface area contributed by atoms with Crippen LogP contribution >= 0.6 is 11.8 Å². The van der Waals surface area contributed by atoms with Gasteiger partial charge in [0.25, 0.3) is 5.56 Å². The summed E-state index contributed by atoms with van der Waals surface area (Å²) < 4.78 is 1.53. The number of carbonyl (C=O) groups excluding carboxylic acids is 1. The van der Waals surface area contributed by atoms with Crippen LogP contribution in [0, 0.1) is 5.92 Å². The molecule has 3 rings (SSSR count). The molecule has 0 unspecified atom stereocenters. The normalized spacial score (nSPS) is 21.9. The van der Waals surface area contributed by atoms with Gasteiger partial charge in [-0.15, -0.1) is 0 Å². The molecular weight excluding hydrogens is 334 g/mol. The number of thioether (sulfide) groups is 1. The van der Waals surface area contributed by atoms with Crippen LogP contribution < -0.4 is 10.9 Å². The zero-order chi connectivity index (χ0) is 18.0. The highest BCUT2D eigenvalue weighted by atomic mass is 32.2. The van der Waals surface area contributed by atoms with E-state index >= 15 is 0 Å². The smallest absolute Gasteiger partial charge is 0.261 e. The lowest BCUT2D eigenvalue weighted by molar-refractivity contribution is -0.121. The number of benzene rings is 1. The van der Waals surface area contributed by atoms with Gasteiger partial charge in [0.05, 0.1) is 16.2 Å². The number of nitrogens with one attached hydrogen (secondary N) is 1. The van der Waals surface area contributed by atoms with Crippen molar-refractivity contribution in [2.75, 3.05) is 0 Å². The summed E-state index contributed by atoms with van der Waals surface area (Å²) in [7, 11) is 1.71.